The van der Waals surface area contributed by atoms with Gasteiger partial charge in [-0.2, -0.15) is 0 Å². The molecule has 0 aromatic heterocycles. The first-order valence-corrected chi connectivity index (χ1v) is 14.4. The lowest BCUT2D eigenvalue weighted by Gasteiger charge is -2.09. The van der Waals surface area contributed by atoms with Crippen molar-refractivity contribution in [2.45, 2.75) is 78.1 Å². The lowest BCUT2D eigenvalue weighted by atomic mass is 9.91. The number of hydrogen-bond acceptors (Lipinski definition) is 2. The Kier molecular flexibility index (Phi) is 9.13. The van der Waals surface area contributed by atoms with Crippen LogP contribution in [0.5, 0.6) is 0 Å². The normalized spacial score (nSPS) is 15.2. The van der Waals surface area contributed by atoms with Crippen LogP contribution >= 0.6 is 31.9 Å². The molecular formula is C30H34Br2N2. The van der Waals surface area contributed by atoms with Crippen LogP contribution in [0.3, 0.4) is 0 Å². The number of allylic oxidation sites excluding steroid dienone is 4. The molecule has 0 saturated heterocycles. The van der Waals surface area contributed by atoms with Gasteiger partial charge in [0.15, 0.2) is 0 Å². The summed E-state index contributed by atoms with van der Waals surface area (Å²) >= 11 is 7.18. The van der Waals surface area contributed by atoms with Crippen molar-refractivity contribution in [2.75, 3.05) is 0 Å². The second-order valence-electron chi connectivity index (χ2n) is 9.20. The van der Waals surface area contributed by atoms with Crippen molar-refractivity contribution in [3.63, 3.8) is 0 Å². The smallest absolute Gasteiger partial charge is 0.0803 e. The van der Waals surface area contributed by atoms with E-state index in [1.807, 2.05) is 0 Å². The van der Waals surface area contributed by atoms with Crippen LogP contribution in [0.4, 0.5) is 0 Å². The number of aliphatic imine (C=N–C) groups is 2. The Morgan fingerprint density at radius 1 is 0.529 bits per heavy atom. The molecule has 2 aliphatic heterocycles. The molecule has 34 heavy (non-hydrogen) atoms. The van der Waals surface area contributed by atoms with E-state index in [9.17, 15) is 0 Å². The molecule has 2 nitrogen and oxygen atoms in total. The third kappa shape index (κ3) is 5.88. The molecule has 2 aliphatic rings. The molecule has 2 heterocycles. The zero-order valence-corrected chi connectivity index (χ0v) is 23.5. The Hall–Kier alpha value is -1.78. The quantitative estimate of drug-likeness (QED) is 0.223. The Labute approximate surface area is 221 Å². The molecule has 2 aromatic rings. The Balaban J connectivity index is 1.75. The van der Waals surface area contributed by atoms with Crippen LogP contribution in [-0.4, -0.2) is 11.4 Å². The number of benzene rings is 2. The van der Waals surface area contributed by atoms with Crippen LogP contribution in [0, 0.1) is 0 Å². The van der Waals surface area contributed by atoms with Gasteiger partial charge >= 0.3 is 0 Å². The van der Waals surface area contributed by atoms with Gasteiger partial charge in [-0.05, 0) is 49.9 Å². The van der Waals surface area contributed by atoms with Gasteiger partial charge in [-0.1, -0.05) is 108 Å². The number of unbranched alkanes of at least 4 members (excludes halogenated alkanes) is 6. The molecule has 0 saturated carbocycles. The van der Waals surface area contributed by atoms with Gasteiger partial charge in [0, 0.05) is 31.2 Å². The van der Waals surface area contributed by atoms with E-state index >= 15 is 0 Å². The van der Waals surface area contributed by atoms with Crippen LogP contribution in [-0.2, 0) is 0 Å². The fourth-order valence-electron chi connectivity index (χ4n) is 4.73. The van der Waals surface area contributed by atoms with Gasteiger partial charge in [-0.15, -0.1) is 0 Å². The van der Waals surface area contributed by atoms with Crippen LogP contribution in [0.25, 0.3) is 0 Å². The SMILES string of the molecule is CCCCCCC1=C2C(c3ccc(Br)cc3)=NC(CCCCCC)=C2C(c2ccc(Br)cc2)=N1. The second kappa shape index (κ2) is 12.3. The van der Waals surface area contributed by atoms with Gasteiger partial charge in [-0.25, -0.2) is 0 Å². The molecule has 2 aromatic carbocycles. The van der Waals surface area contributed by atoms with Gasteiger partial charge in [0.25, 0.3) is 0 Å². The summed E-state index contributed by atoms with van der Waals surface area (Å²) in [6, 6.07) is 17.2. The predicted octanol–water partition coefficient (Wildman–Crippen LogP) is 9.97. The average Bonchev–Trinajstić information content (AvgIpc) is 3.40. The summed E-state index contributed by atoms with van der Waals surface area (Å²) in [5.41, 5.74) is 9.56. The maximum atomic E-state index is 5.29. The van der Waals surface area contributed by atoms with Crippen molar-refractivity contribution in [2.24, 2.45) is 9.98 Å². The summed E-state index contributed by atoms with van der Waals surface area (Å²) in [6.45, 7) is 4.53. The van der Waals surface area contributed by atoms with Crippen LogP contribution in [0.15, 0.2) is 90.0 Å². The molecule has 0 atom stereocenters. The van der Waals surface area contributed by atoms with Gasteiger partial charge in [0.2, 0.25) is 0 Å². The number of halogens is 2. The van der Waals surface area contributed by atoms with Crippen molar-refractivity contribution in [3.05, 3.63) is 91.1 Å². The van der Waals surface area contributed by atoms with Crippen LogP contribution in [0.1, 0.15) is 89.2 Å². The van der Waals surface area contributed by atoms with Gasteiger partial charge in [0.05, 0.1) is 22.8 Å². The maximum absolute atomic E-state index is 5.29. The molecule has 0 amide bonds. The van der Waals surface area contributed by atoms with Crippen molar-refractivity contribution in [1.29, 1.82) is 0 Å². The van der Waals surface area contributed by atoms with Crippen molar-refractivity contribution >= 4 is 43.3 Å². The van der Waals surface area contributed by atoms with Crippen molar-refractivity contribution in [3.8, 4) is 0 Å². The first-order valence-electron chi connectivity index (χ1n) is 12.8. The average molecular weight is 582 g/mol. The number of hydrogen-bond donors (Lipinski definition) is 0. The van der Waals surface area contributed by atoms with Crippen molar-refractivity contribution < 1.29 is 0 Å². The van der Waals surface area contributed by atoms with Gasteiger partial charge < -0.3 is 0 Å². The first-order chi connectivity index (χ1) is 16.6. The molecule has 0 radical (unpaired) electrons. The second-order valence-corrected chi connectivity index (χ2v) is 11.0. The number of fused-ring (bicyclic) bond motifs is 1. The highest BCUT2D eigenvalue weighted by Crippen LogP contribution is 2.42. The molecular weight excluding hydrogens is 548 g/mol. The minimum absolute atomic E-state index is 1.01. The molecule has 0 aliphatic carbocycles. The van der Waals surface area contributed by atoms with E-state index in [0.29, 0.717) is 0 Å². The van der Waals surface area contributed by atoms with Crippen molar-refractivity contribution in [1.82, 2.24) is 0 Å². The van der Waals surface area contributed by atoms with E-state index in [1.165, 1.54) is 85.0 Å². The summed E-state index contributed by atoms with van der Waals surface area (Å²) in [6.07, 6.45) is 11.9. The largest absolute Gasteiger partial charge is 0.251 e. The Bertz CT molecular complexity index is 1030. The highest BCUT2D eigenvalue weighted by atomic mass is 79.9. The highest BCUT2D eigenvalue weighted by Gasteiger charge is 2.35. The van der Waals surface area contributed by atoms with Crippen LogP contribution < -0.4 is 0 Å². The Morgan fingerprint density at radius 3 is 1.26 bits per heavy atom. The summed E-state index contributed by atoms with van der Waals surface area (Å²) in [5, 5.41) is 0. The van der Waals surface area contributed by atoms with E-state index in [-0.39, 0.29) is 0 Å². The Morgan fingerprint density at radius 2 is 0.912 bits per heavy atom. The minimum atomic E-state index is 1.01. The van der Waals surface area contributed by atoms with Gasteiger partial charge in [0.1, 0.15) is 0 Å². The van der Waals surface area contributed by atoms with E-state index < -0.39 is 0 Å². The monoisotopic (exact) mass is 580 g/mol. The standard InChI is InChI=1S/C30H34Br2N2/c1-3-5-7-9-11-25-27-28(30(33-25)22-15-19-24(32)20-16-22)26(12-10-8-6-4-2)34-29(27)21-13-17-23(31)18-14-21/h13-20H,3-12H2,1-2H3. The van der Waals surface area contributed by atoms with E-state index in [2.05, 4.69) is 94.2 Å². The summed E-state index contributed by atoms with van der Waals surface area (Å²) < 4.78 is 2.18. The third-order valence-electron chi connectivity index (χ3n) is 6.56. The number of nitrogens with zero attached hydrogens (tertiary/aromatic N) is 2. The lowest BCUT2D eigenvalue weighted by molar-refractivity contribution is 0.662. The molecule has 0 N–H and O–H groups in total. The molecule has 178 valence electrons. The van der Waals surface area contributed by atoms with Crippen LogP contribution in [0.2, 0.25) is 0 Å². The molecule has 0 unspecified atom stereocenters. The molecule has 0 bridgehead atoms. The molecule has 4 rings (SSSR count). The first kappa shape index (κ1) is 25.3. The zero-order valence-electron chi connectivity index (χ0n) is 20.3. The summed E-state index contributed by atoms with van der Waals surface area (Å²) in [4.78, 5) is 10.6. The molecule has 0 spiro atoms. The third-order valence-corrected chi connectivity index (χ3v) is 7.62. The van der Waals surface area contributed by atoms with E-state index in [0.717, 1.165) is 33.2 Å². The zero-order chi connectivity index (χ0) is 23.9. The summed E-state index contributed by atoms with van der Waals surface area (Å²) in [5.74, 6) is 0. The lowest BCUT2D eigenvalue weighted by Crippen LogP contribution is -2.08. The predicted molar refractivity (Wildman–Crippen MR) is 153 cm³/mol. The fraction of sp³-hybridized carbons (Fsp3) is 0.400. The van der Waals surface area contributed by atoms with Gasteiger partial charge in [-0.3, -0.25) is 9.98 Å². The van der Waals surface area contributed by atoms with E-state index in [1.54, 1.807) is 0 Å². The molecule has 0 fully saturated rings. The maximum Gasteiger partial charge on any atom is 0.0803 e. The number of rotatable bonds is 12. The topological polar surface area (TPSA) is 24.7 Å². The molecule has 4 heteroatoms. The fourth-order valence-corrected chi connectivity index (χ4v) is 5.25. The summed E-state index contributed by atoms with van der Waals surface area (Å²) in [7, 11) is 0. The van der Waals surface area contributed by atoms with E-state index in [4.69, 9.17) is 9.98 Å². The highest BCUT2D eigenvalue weighted by molar-refractivity contribution is 9.10. The minimum Gasteiger partial charge on any atom is -0.251 e.